The third-order valence-corrected chi connectivity index (χ3v) is 3.34. The molecule has 2 bridgehead atoms. The molecule has 2 fully saturated rings. The molecule has 2 rings (SSSR count). The van der Waals surface area contributed by atoms with Crippen molar-refractivity contribution in [2.24, 2.45) is 5.92 Å². The van der Waals surface area contributed by atoms with E-state index in [0.717, 1.165) is 5.92 Å². The average molecular weight is 146 g/mol. The van der Waals surface area contributed by atoms with Gasteiger partial charge in [0, 0.05) is 5.54 Å². The van der Waals surface area contributed by atoms with Gasteiger partial charge in [0.2, 0.25) is 0 Å². The monoisotopic (exact) mass is 145 g/mol. The van der Waals surface area contributed by atoms with Crippen molar-refractivity contribution in [1.29, 1.82) is 0 Å². The van der Waals surface area contributed by atoms with Crippen molar-refractivity contribution in [1.82, 2.24) is 4.84 Å². The van der Waals surface area contributed by atoms with Crippen LogP contribution in [0.3, 0.4) is 0 Å². The Morgan fingerprint density at radius 1 is 1.33 bits per heavy atom. The van der Waals surface area contributed by atoms with Crippen LogP contribution in [0.4, 0.5) is 0 Å². The largest absolute Gasteiger partial charge is 0.227 e. The Morgan fingerprint density at radius 3 is 2.22 bits per heavy atom. The van der Waals surface area contributed by atoms with Crippen LogP contribution in [-0.4, -0.2) is 5.54 Å². The number of fused-ring (bicyclic) bond motifs is 2. The molecule has 0 saturated heterocycles. The molecule has 0 heterocycles. The van der Waals surface area contributed by atoms with Crippen molar-refractivity contribution in [3.63, 3.8) is 0 Å². The molecule has 1 N–H and O–H groups in total. The SMILES string of the molecule is ClNC12CCC(CC1)C2. The van der Waals surface area contributed by atoms with E-state index in [9.17, 15) is 0 Å². The highest BCUT2D eigenvalue weighted by Crippen LogP contribution is 2.47. The van der Waals surface area contributed by atoms with E-state index in [2.05, 4.69) is 4.84 Å². The summed E-state index contributed by atoms with van der Waals surface area (Å²) in [4.78, 5) is 2.94. The molecule has 0 aromatic heterocycles. The van der Waals surface area contributed by atoms with Crippen molar-refractivity contribution in [2.75, 3.05) is 0 Å². The van der Waals surface area contributed by atoms with Gasteiger partial charge in [-0.15, -0.1) is 0 Å². The smallest absolute Gasteiger partial charge is 0.0334 e. The highest BCUT2D eigenvalue weighted by atomic mass is 35.5. The minimum Gasteiger partial charge on any atom is -0.227 e. The highest BCUT2D eigenvalue weighted by Gasteiger charge is 2.44. The summed E-state index contributed by atoms with van der Waals surface area (Å²) >= 11 is 5.64. The fraction of sp³-hybridized carbons (Fsp3) is 1.00. The Morgan fingerprint density at radius 2 is 2.00 bits per heavy atom. The molecule has 0 unspecified atom stereocenters. The second-order valence-corrected chi connectivity index (χ2v) is 3.71. The maximum Gasteiger partial charge on any atom is 0.0334 e. The fourth-order valence-electron chi connectivity index (χ4n) is 2.32. The minimum atomic E-state index is 0.367. The molecule has 2 aliphatic rings. The second kappa shape index (κ2) is 1.86. The van der Waals surface area contributed by atoms with Crippen molar-refractivity contribution >= 4 is 11.8 Å². The number of hydrogen-bond acceptors (Lipinski definition) is 1. The predicted octanol–water partition coefficient (Wildman–Crippen LogP) is 2.06. The molecular formula is C7H12ClN. The number of rotatable bonds is 1. The van der Waals surface area contributed by atoms with Gasteiger partial charge in [-0.1, -0.05) is 0 Å². The molecule has 0 atom stereocenters. The van der Waals surface area contributed by atoms with Gasteiger partial charge in [0.05, 0.1) is 0 Å². The normalized spacial score (nSPS) is 48.3. The van der Waals surface area contributed by atoms with Crippen molar-refractivity contribution in [2.45, 2.75) is 37.6 Å². The predicted molar refractivity (Wildman–Crippen MR) is 38.3 cm³/mol. The van der Waals surface area contributed by atoms with E-state index in [1.807, 2.05) is 0 Å². The molecule has 0 aromatic carbocycles. The van der Waals surface area contributed by atoms with E-state index in [4.69, 9.17) is 11.8 Å². The van der Waals surface area contributed by atoms with Crippen LogP contribution in [0.2, 0.25) is 0 Å². The topological polar surface area (TPSA) is 12.0 Å². The molecule has 2 aliphatic carbocycles. The zero-order valence-corrected chi connectivity index (χ0v) is 6.25. The summed E-state index contributed by atoms with van der Waals surface area (Å²) in [6, 6.07) is 0. The first-order valence-corrected chi connectivity index (χ1v) is 4.10. The summed E-state index contributed by atoms with van der Waals surface area (Å²) in [7, 11) is 0. The van der Waals surface area contributed by atoms with E-state index < -0.39 is 0 Å². The highest BCUT2D eigenvalue weighted by molar-refractivity contribution is 6.13. The molecule has 9 heavy (non-hydrogen) atoms. The summed E-state index contributed by atoms with van der Waals surface area (Å²) in [5.41, 5.74) is 0.367. The number of nitrogens with one attached hydrogen (secondary N) is 1. The maximum atomic E-state index is 5.64. The zero-order chi connectivity index (χ0) is 6.32. The Bertz CT molecular complexity index is 116. The second-order valence-electron chi connectivity index (χ2n) is 3.52. The van der Waals surface area contributed by atoms with Gasteiger partial charge < -0.3 is 0 Å². The van der Waals surface area contributed by atoms with Gasteiger partial charge in [-0.05, 0) is 49.8 Å². The summed E-state index contributed by atoms with van der Waals surface area (Å²) in [6.45, 7) is 0. The van der Waals surface area contributed by atoms with E-state index >= 15 is 0 Å². The van der Waals surface area contributed by atoms with Crippen LogP contribution in [0.1, 0.15) is 32.1 Å². The first-order chi connectivity index (χ1) is 4.35. The van der Waals surface area contributed by atoms with Gasteiger partial charge in [-0.2, -0.15) is 0 Å². The molecule has 2 saturated carbocycles. The van der Waals surface area contributed by atoms with Crippen LogP contribution in [0.15, 0.2) is 0 Å². The summed E-state index contributed by atoms with van der Waals surface area (Å²) in [6.07, 6.45) is 6.75. The Labute approximate surface area is 60.9 Å². The minimum absolute atomic E-state index is 0.367. The van der Waals surface area contributed by atoms with Crippen LogP contribution in [0.5, 0.6) is 0 Å². The Hall–Kier alpha value is 0.250. The lowest BCUT2D eigenvalue weighted by molar-refractivity contribution is 0.389. The molecule has 2 heteroatoms. The fourth-order valence-corrected chi connectivity index (χ4v) is 2.59. The van der Waals surface area contributed by atoms with E-state index in [-0.39, 0.29) is 0 Å². The third kappa shape index (κ3) is 0.786. The first kappa shape index (κ1) is 5.99. The third-order valence-electron chi connectivity index (χ3n) is 2.94. The summed E-state index contributed by atoms with van der Waals surface area (Å²) < 4.78 is 0. The molecule has 0 spiro atoms. The molecule has 0 aliphatic heterocycles. The van der Waals surface area contributed by atoms with Crippen molar-refractivity contribution < 1.29 is 0 Å². The van der Waals surface area contributed by atoms with Gasteiger partial charge in [-0.25, -0.2) is 4.84 Å². The summed E-state index contributed by atoms with van der Waals surface area (Å²) in [5.74, 6) is 0.997. The molecule has 0 radical (unpaired) electrons. The average Bonchev–Trinajstić information content (AvgIpc) is 2.46. The first-order valence-electron chi connectivity index (χ1n) is 3.72. The molecule has 52 valence electrons. The standard InChI is InChI=1S/C7H12ClN/c8-9-7-3-1-6(5-7)2-4-7/h6,9H,1-5H2. The van der Waals surface area contributed by atoms with E-state index in [1.165, 1.54) is 32.1 Å². The number of hydrogen-bond donors (Lipinski definition) is 1. The van der Waals surface area contributed by atoms with Crippen molar-refractivity contribution in [3.05, 3.63) is 0 Å². The van der Waals surface area contributed by atoms with Crippen LogP contribution in [0, 0.1) is 5.92 Å². The van der Waals surface area contributed by atoms with Crippen LogP contribution < -0.4 is 4.84 Å². The summed E-state index contributed by atoms with van der Waals surface area (Å²) in [5, 5.41) is 0. The van der Waals surface area contributed by atoms with Crippen LogP contribution in [0.25, 0.3) is 0 Å². The Kier molecular flexibility index (Phi) is 1.24. The zero-order valence-electron chi connectivity index (χ0n) is 5.49. The molecule has 0 aromatic rings. The lowest BCUT2D eigenvalue weighted by atomic mass is 9.95. The lowest BCUT2D eigenvalue weighted by Gasteiger charge is -2.23. The lowest BCUT2D eigenvalue weighted by Crippen LogP contribution is -2.34. The van der Waals surface area contributed by atoms with E-state index in [0.29, 0.717) is 5.54 Å². The van der Waals surface area contributed by atoms with Gasteiger partial charge in [0.1, 0.15) is 0 Å². The van der Waals surface area contributed by atoms with Gasteiger partial charge in [-0.3, -0.25) is 0 Å². The molecule has 1 nitrogen and oxygen atoms in total. The van der Waals surface area contributed by atoms with Gasteiger partial charge >= 0.3 is 0 Å². The molecule has 0 amide bonds. The van der Waals surface area contributed by atoms with E-state index in [1.54, 1.807) is 0 Å². The molecular weight excluding hydrogens is 134 g/mol. The van der Waals surface area contributed by atoms with Gasteiger partial charge in [0.25, 0.3) is 0 Å². The van der Waals surface area contributed by atoms with Crippen LogP contribution in [-0.2, 0) is 0 Å². The van der Waals surface area contributed by atoms with Crippen LogP contribution >= 0.6 is 11.8 Å². The van der Waals surface area contributed by atoms with Crippen molar-refractivity contribution in [3.8, 4) is 0 Å². The van der Waals surface area contributed by atoms with Gasteiger partial charge in [0.15, 0.2) is 0 Å². The maximum absolute atomic E-state index is 5.64. The Balaban J connectivity index is 2.13. The number of halogens is 1. The quantitative estimate of drug-likeness (QED) is 0.557.